The average Bonchev–Trinajstić information content (AvgIpc) is 2.60. The number of piperidine rings is 1. The zero-order valence-electron chi connectivity index (χ0n) is 13.9. The summed E-state index contributed by atoms with van der Waals surface area (Å²) in [6, 6.07) is 9.99. The Kier molecular flexibility index (Phi) is 7.36. The first kappa shape index (κ1) is 17.8. The molecule has 2 rings (SSSR count). The normalized spacial score (nSPS) is 19.4. The maximum atomic E-state index is 12.3. The first-order valence-corrected chi connectivity index (χ1v) is 8.54. The molecule has 1 fully saturated rings. The number of rotatable bonds is 7. The molecule has 0 spiro atoms. The van der Waals surface area contributed by atoms with Gasteiger partial charge in [-0.15, -0.1) is 0 Å². The molecule has 0 radical (unpaired) electrons. The Morgan fingerprint density at radius 3 is 2.91 bits per heavy atom. The number of carbonyl (C=O) groups is 1. The van der Waals surface area contributed by atoms with Crippen LogP contribution >= 0.6 is 0 Å². The van der Waals surface area contributed by atoms with Crippen molar-refractivity contribution < 1.29 is 14.6 Å². The van der Waals surface area contributed by atoms with Crippen LogP contribution in [0.1, 0.15) is 31.7 Å². The number of carbonyl (C=O) groups excluding carboxylic acids is 1. The van der Waals surface area contributed by atoms with Crippen molar-refractivity contribution in [2.45, 2.75) is 38.8 Å². The zero-order valence-corrected chi connectivity index (χ0v) is 13.9. The van der Waals surface area contributed by atoms with Crippen molar-refractivity contribution in [2.75, 3.05) is 26.2 Å². The van der Waals surface area contributed by atoms with E-state index in [4.69, 9.17) is 4.74 Å². The van der Waals surface area contributed by atoms with Gasteiger partial charge in [-0.2, -0.15) is 0 Å². The van der Waals surface area contributed by atoms with E-state index in [0.29, 0.717) is 19.1 Å². The van der Waals surface area contributed by atoms with Crippen LogP contribution in [0.3, 0.4) is 0 Å². The van der Waals surface area contributed by atoms with Crippen molar-refractivity contribution in [3.63, 3.8) is 0 Å². The number of aliphatic hydroxyl groups is 1. The van der Waals surface area contributed by atoms with Crippen LogP contribution in [0.15, 0.2) is 30.3 Å². The lowest BCUT2D eigenvalue weighted by Gasteiger charge is -2.36. The van der Waals surface area contributed by atoms with E-state index >= 15 is 0 Å². The van der Waals surface area contributed by atoms with E-state index in [1.54, 1.807) is 4.90 Å². The SMILES string of the molecule is CCN[C@@H](CCO)[C@@H]1CCCN(C(=O)OCc2ccccc2)C1. The minimum Gasteiger partial charge on any atom is -0.445 e. The lowest BCUT2D eigenvalue weighted by molar-refractivity contribution is 0.0714. The van der Waals surface area contributed by atoms with Crippen LogP contribution in [0.5, 0.6) is 0 Å². The van der Waals surface area contributed by atoms with Gasteiger partial charge in [0.2, 0.25) is 0 Å². The topological polar surface area (TPSA) is 61.8 Å². The Balaban J connectivity index is 1.85. The molecule has 1 aromatic rings. The Bertz CT molecular complexity index is 461. The summed E-state index contributed by atoms with van der Waals surface area (Å²) >= 11 is 0. The van der Waals surface area contributed by atoms with Crippen molar-refractivity contribution in [3.05, 3.63) is 35.9 Å². The van der Waals surface area contributed by atoms with E-state index in [1.165, 1.54) is 0 Å². The number of hydrogen-bond acceptors (Lipinski definition) is 4. The van der Waals surface area contributed by atoms with E-state index in [9.17, 15) is 9.90 Å². The molecule has 1 saturated heterocycles. The third-order valence-corrected chi connectivity index (χ3v) is 4.40. The van der Waals surface area contributed by atoms with Gasteiger partial charge >= 0.3 is 6.09 Å². The van der Waals surface area contributed by atoms with Crippen LogP contribution in [0.25, 0.3) is 0 Å². The van der Waals surface area contributed by atoms with Gasteiger partial charge in [-0.1, -0.05) is 37.3 Å². The van der Waals surface area contributed by atoms with E-state index < -0.39 is 0 Å². The summed E-state index contributed by atoms with van der Waals surface area (Å²) in [6.45, 7) is 4.88. The number of aliphatic hydroxyl groups excluding tert-OH is 1. The highest BCUT2D eigenvalue weighted by molar-refractivity contribution is 5.67. The molecule has 1 heterocycles. The molecule has 128 valence electrons. The van der Waals surface area contributed by atoms with Gasteiger partial charge in [0, 0.05) is 25.7 Å². The highest BCUT2D eigenvalue weighted by atomic mass is 16.6. The fourth-order valence-corrected chi connectivity index (χ4v) is 3.22. The van der Waals surface area contributed by atoms with E-state index in [1.807, 2.05) is 30.3 Å². The number of benzene rings is 1. The summed E-state index contributed by atoms with van der Waals surface area (Å²) < 4.78 is 5.43. The molecule has 0 saturated carbocycles. The van der Waals surface area contributed by atoms with E-state index in [2.05, 4.69) is 12.2 Å². The molecule has 23 heavy (non-hydrogen) atoms. The van der Waals surface area contributed by atoms with Gasteiger partial charge in [-0.05, 0) is 37.3 Å². The molecule has 0 aromatic heterocycles. The second-order valence-electron chi connectivity index (χ2n) is 6.06. The third-order valence-electron chi connectivity index (χ3n) is 4.40. The van der Waals surface area contributed by atoms with Gasteiger partial charge in [0.05, 0.1) is 0 Å². The molecule has 0 aliphatic carbocycles. The molecule has 0 bridgehead atoms. The van der Waals surface area contributed by atoms with Crippen LogP contribution in [0.4, 0.5) is 4.79 Å². The summed E-state index contributed by atoms with van der Waals surface area (Å²) in [5.74, 6) is 0.375. The lowest BCUT2D eigenvalue weighted by atomic mass is 9.89. The minimum atomic E-state index is -0.238. The number of nitrogens with one attached hydrogen (secondary N) is 1. The fraction of sp³-hybridized carbons (Fsp3) is 0.611. The number of nitrogens with zero attached hydrogens (tertiary/aromatic N) is 1. The number of ether oxygens (including phenoxy) is 1. The maximum absolute atomic E-state index is 12.3. The fourth-order valence-electron chi connectivity index (χ4n) is 3.22. The molecule has 2 atom stereocenters. The highest BCUT2D eigenvalue weighted by Gasteiger charge is 2.29. The number of hydrogen-bond donors (Lipinski definition) is 2. The molecule has 1 aromatic carbocycles. The predicted octanol–water partition coefficient (Wildman–Crippen LogP) is 2.40. The van der Waals surface area contributed by atoms with Gasteiger partial charge < -0.3 is 20.1 Å². The first-order chi connectivity index (χ1) is 11.2. The van der Waals surface area contributed by atoms with Gasteiger partial charge in [0.25, 0.3) is 0 Å². The van der Waals surface area contributed by atoms with Crippen molar-refractivity contribution in [2.24, 2.45) is 5.92 Å². The molecule has 1 aliphatic heterocycles. The Morgan fingerprint density at radius 2 is 2.22 bits per heavy atom. The van der Waals surface area contributed by atoms with Crippen LogP contribution in [0, 0.1) is 5.92 Å². The second-order valence-corrected chi connectivity index (χ2v) is 6.06. The van der Waals surface area contributed by atoms with Crippen molar-refractivity contribution in [1.82, 2.24) is 10.2 Å². The molecule has 5 nitrogen and oxygen atoms in total. The zero-order chi connectivity index (χ0) is 16.5. The summed E-state index contributed by atoms with van der Waals surface area (Å²) in [6.07, 6.45) is 2.56. The van der Waals surface area contributed by atoms with Crippen LogP contribution in [0.2, 0.25) is 0 Å². The van der Waals surface area contributed by atoms with E-state index in [-0.39, 0.29) is 18.7 Å². The summed E-state index contributed by atoms with van der Waals surface area (Å²) in [7, 11) is 0. The molecular weight excluding hydrogens is 292 g/mol. The van der Waals surface area contributed by atoms with Gasteiger partial charge in [0.15, 0.2) is 0 Å². The monoisotopic (exact) mass is 320 g/mol. The molecule has 1 amide bonds. The minimum absolute atomic E-state index is 0.173. The quantitative estimate of drug-likeness (QED) is 0.810. The summed E-state index contributed by atoms with van der Waals surface area (Å²) in [5, 5.41) is 12.7. The smallest absolute Gasteiger partial charge is 0.410 e. The second kappa shape index (κ2) is 9.53. The van der Waals surface area contributed by atoms with Gasteiger partial charge in [-0.3, -0.25) is 0 Å². The highest BCUT2D eigenvalue weighted by Crippen LogP contribution is 2.22. The Labute approximate surface area is 138 Å². The molecular formula is C18H28N2O3. The van der Waals surface area contributed by atoms with Gasteiger partial charge in [-0.25, -0.2) is 4.79 Å². The summed E-state index contributed by atoms with van der Waals surface area (Å²) in [5.41, 5.74) is 1.00. The molecule has 5 heteroatoms. The number of likely N-dealkylation sites (tertiary alicyclic amines) is 1. The van der Waals surface area contributed by atoms with E-state index in [0.717, 1.165) is 37.9 Å². The number of amides is 1. The van der Waals surface area contributed by atoms with Crippen molar-refractivity contribution >= 4 is 6.09 Å². The standard InChI is InChI=1S/C18H28N2O3/c1-2-19-17(10-12-21)16-9-6-11-20(13-16)18(22)23-14-15-7-4-3-5-8-15/h3-5,7-8,16-17,19,21H,2,6,9-14H2,1H3/t16-,17+/m1/s1. The van der Waals surface area contributed by atoms with Crippen molar-refractivity contribution in [3.8, 4) is 0 Å². The van der Waals surface area contributed by atoms with Gasteiger partial charge in [0.1, 0.15) is 6.61 Å². The molecule has 1 aliphatic rings. The predicted molar refractivity (Wildman–Crippen MR) is 90.1 cm³/mol. The van der Waals surface area contributed by atoms with Crippen molar-refractivity contribution in [1.29, 1.82) is 0 Å². The maximum Gasteiger partial charge on any atom is 0.410 e. The first-order valence-electron chi connectivity index (χ1n) is 8.54. The Hall–Kier alpha value is -1.59. The Morgan fingerprint density at radius 1 is 1.43 bits per heavy atom. The van der Waals surface area contributed by atoms with Crippen LogP contribution in [-0.4, -0.2) is 48.4 Å². The lowest BCUT2D eigenvalue weighted by Crippen LogP contribution is -2.48. The largest absolute Gasteiger partial charge is 0.445 e. The van der Waals surface area contributed by atoms with Crippen LogP contribution in [-0.2, 0) is 11.3 Å². The molecule has 0 unspecified atom stereocenters. The third kappa shape index (κ3) is 5.52. The summed E-state index contributed by atoms with van der Waals surface area (Å²) in [4.78, 5) is 14.1. The average molecular weight is 320 g/mol. The van der Waals surface area contributed by atoms with Crippen LogP contribution < -0.4 is 5.32 Å². The molecule has 2 N–H and O–H groups in total.